The summed E-state index contributed by atoms with van der Waals surface area (Å²) in [4.78, 5) is 11.2. The number of aryl methyl sites for hydroxylation is 1. The molecule has 0 fully saturated rings. The Bertz CT molecular complexity index is 405. The number of carbonyl (C=O) groups excluding carboxylic acids is 1. The quantitative estimate of drug-likeness (QED) is 0.776. The minimum Gasteiger partial charge on any atom is -0.464 e. The third-order valence-corrected chi connectivity index (χ3v) is 2.37. The van der Waals surface area contributed by atoms with Gasteiger partial charge in [0.15, 0.2) is 6.10 Å². The Morgan fingerprint density at radius 3 is 2.71 bits per heavy atom. The van der Waals surface area contributed by atoms with Crippen molar-refractivity contribution in [1.29, 1.82) is 0 Å². The first-order valence-corrected chi connectivity index (χ1v) is 5.26. The molecule has 1 aromatic carbocycles. The standard InChI is InChI=1S/C12H15FO4/c1-3-17-12(16)11(15)10(14)8-6-4-5-7(2)9(8)13/h4-6,10-11,14-15H,3H2,1-2H3. The molecule has 2 atom stereocenters. The average molecular weight is 242 g/mol. The molecule has 2 N–H and O–H groups in total. The molecule has 5 heteroatoms. The van der Waals surface area contributed by atoms with Gasteiger partial charge in [0, 0.05) is 5.56 Å². The number of esters is 1. The maximum Gasteiger partial charge on any atom is 0.338 e. The molecule has 4 nitrogen and oxygen atoms in total. The lowest BCUT2D eigenvalue weighted by Crippen LogP contribution is -2.30. The number of carbonyl (C=O) groups is 1. The van der Waals surface area contributed by atoms with Gasteiger partial charge in [-0.1, -0.05) is 18.2 Å². The van der Waals surface area contributed by atoms with Crippen molar-refractivity contribution in [3.05, 3.63) is 35.1 Å². The van der Waals surface area contributed by atoms with Gasteiger partial charge in [-0.3, -0.25) is 0 Å². The van der Waals surface area contributed by atoms with E-state index in [1.165, 1.54) is 25.1 Å². The minimum atomic E-state index is -1.79. The summed E-state index contributed by atoms with van der Waals surface area (Å²) in [6, 6.07) is 4.38. The number of ether oxygens (including phenoxy) is 1. The molecule has 0 aliphatic rings. The summed E-state index contributed by atoms with van der Waals surface area (Å²) < 4.78 is 18.2. The van der Waals surface area contributed by atoms with Crippen LogP contribution in [-0.2, 0) is 9.53 Å². The summed E-state index contributed by atoms with van der Waals surface area (Å²) in [6.45, 7) is 3.19. The lowest BCUT2D eigenvalue weighted by atomic mass is 10.0. The van der Waals surface area contributed by atoms with Crippen molar-refractivity contribution in [2.45, 2.75) is 26.1 Å². The Morgan fingerprint density at radius 2 is 2.12 bits per heavy atom. The van der Waals surface area contributed by atoms with Crippen LogP contribution in [-0.4, -0.2) is 28.9 Å². The summed E-state index contributed by atoms with van der Waals surface area (Å²) in [5.74, 6) is -1.61. The second kappa shape index (κ2) is 5.75. The van der Waals surface area contributed by atoms with E-state index in [0.29, 0.717) is 5.56 Å². The molecular formula is C12H15FO4. The Hall–Kier alpha value is -1.46. The van der Waals surface area contributed by atoms with Crippen LogP contribution < -0.4 is 0 Å². The van der Waals surface area contributed by atoms with Gasteiger partial charge in [0.05, 0.1) is 6.61 Å². The lowest BCUT2D eigenvalue weighted by molar-refractivity contribution is -0.159. The Kier molecular flexibility index (Phi) is 4.60. The topological polar surface area (TPSA) is 66.8 Å². The summed E-state index contributed by atoms with van der Waals surface area (Å²) >= 11 is 0. The van der Waals surface area contributed by atoms with Crippen LogP contribution in [0, 0.1) is 12.7 Å². The van der Waals surface area contributed by atoms with E-state index in [9.17, 15) is 19.4 Å². The van der Waals surface area contributed by atoms with Crippen LogP contribution in [0.5, 0.6) is 0 Å². The van der Waals surface area contributed by atoms with Gasteiger partial charge in [-0.05, 0) is 19.4 Å². The molecule has 94 valence electrons. The SMILES string of the molecule is CCOC(=O)C(O)C(O)c1cccc(C)c1F. The van der Waals surface area contributed by atoms with Crippen LogP contribution >= 0.6 is 0 Å². The first-order chi connectivity index (χ1) is 7.99. The van der Waals surface area contributed by atoms with Gasteiger partial charge in [-0.25, -0.2) is 9.18 Å². The van der Waals surface area contributed by atoms with E-state index in [-0.39, 0.29) is 12.2 Å². The molecule has 0 spiro atoms. The second-order valence-corrected chi connectivity index (χ2v) is 3.62. The molecule has 0 saturated heterocycles. The highest BCUT2D eigenvalue weighted by atomic mass is 19.1. The maximum absolute atomic E-state index is 13.6. The van der Waals surface area contributed by atoms with Gasteiger partial charge < -0.3 is 14.9 Å². The number of benzene rings is 1. The number of aliphatic hydroxyl groups excluding tert-OH is 2. The van der Waals surface area contributed by atoms with Crippen molar-refractivity contribution in [3.8, 4) is 0 Å². The van der Waals surface area contributed by atoms with E-state index in [4.69, 9.17) is 0 Å². The fourth-order valence-electron chi connectivity index (χ4n) is 1.43. The number of hydrogen-bond acceptors (Lipinski definition) is 4. The van der Waals surface area contributed by atoms with Crippen LogP contribution in [0.25, 0.3) is 0 Å². The molecule has 0 radical (unpaired) electrons. The first-order valence-electron chi connectivity index (χ1n) is 5.26. The predicted octanol–water partition coefficient (Wildman–Crippen LogP) is 1.09. The van der Waals surface area contributed by atoms with E-state index >= 15 is 0 Å². The Morgan fingerprint density at radius 1 is 1.47 bits per heavy atom. The molecule has 0 aliphatic carbocycles. The zero-order valence-corrected chi connectivity index (χ0v) is 9.68. The van der Waals surface area contributed by atoms with Crippen LogP contribution in [0.3, 0.4) is 0 Å². The molecule has 1 rings (SSSR count). The summed E-state index contributed by atoms with van der Waals surface area (Å²) in [5.41, 5.74) is 0.211. The van der Waals surface area contributed by atoms with Gasteiger partial charge in [-0.2, -0.15) is 0 Å². The number of aliphatic hydroxyl groups is 2. The summed E-state index contributed by atoms with van der Waals surface area (Å²) in [6.07, 6.45) is -3.42. The first kappa shape index (κ1) is 13.6. The number of halogens is 1. The number of rotatable bonds is 4. The highest BCUT2D eigenvalue weighted by molar-refractivity contribution is 5.75. The minimum absolute atomic E-state index is 0.0823. The highest BCUT2D eigenvalue weighted by Gasteiger charge is 2.29. The molecule has 0 heterocycles. The van der Waals surface area contributed by atoms with E-state index in [2.05, 4.69) is 4.74 Å². The normalized spacial score (nSPS) is 14.2. The second-order valence-electron chi connectivity index (χ2n) is 3.62. The van der Waals surface area contributed by atoms with Gasteiger partial charge in [-0.15, -0.1) is 0 Å². The fraction of sp³-hybridized carbons (Fsp3) is 0.417. The molecular weight excluding hydrogens is 227 g/mol. The van der Waals surface area contributed by atoms with Crippen molar-refractivity contribution in [2.24, 2.45) is 0 Å². The van der Waals surface area contributed by atoms with E-state index in [1.54, 1.807) is 6.92 Å². The van der Waals surface area contributed by atoms with Crippen molar-refractivity contribution in [1.82, 2.24) is 0 Å². The average Bonchev–Trinajstić information content (AvgIpc) is 2.31. The third-order valence-electron chi connectivity index (χ3n) is 2.37. The summed E-state index contributed by atoms with van der Waals surface area (Å²) in [7, 11) is 0. The maximum atomic E-state index is 13.6. The fourth-order valence-corrected chi connectivity index (χ4v) is 1.43. The Labute approximate surface area is 98.7 Å². The van der Waals surface area contributed by atoms with Crippen LogP contribution in [0.1, 0.15) is 24.2 Å². The van der Waals surface area contributed by atoms with Gasteiger partial charge in [0.25, 0.3) is 0 Å². The van der Waals surface area contributed by atoms with E-state index in [0.717, 1.165) is 0 Å². The molecule has 0 amide bonds. The van der Waals surface area contributed by atoms with Crippen molar-refractivity contribution >= 4 is 5.97 Å². The molecule has 0 saturated carbocycles. The number of hydrogen-bond donors (Lipinski definition) is 2. The van der Waals surface area contributed by atoms with Crippen LogP contribution in [0.4, 0.5) is 4.39 Å². The largest absolute Gasteiger partial charge is 0.464 e. The molecule has 1 aromatic rings. The van der Waals surface area contributed by atoms with Crippen LogP contribution in [0.15, 0.2) is 18.2 Å². The molecule has 0 aliphatic heterocycles. The monoisotopic (exact) mass is 242 g/mol. The Balaban J connectivity index is 2.92. The smallest absolute Gasteiger partial charge is 0.338 e. The lowest BCUT2D eigenvalue weighted by Gasteiger charge is -2.17. The third kappa shape index (κ3) is 3.01. The molecule has 0 aromatic heterocycles. The molecule has 0 bridgehead atoms. The van der Waals surface area contributed by atoms with Crippen molar-refractivity contribution < 1.29 is 24.1 Å². The van der Waals surface area contributed by atoms with E-state index < -0.39 is 24.0 Å². The van der Waals surface area contributed by atoms with E-state index in [1.807, 2.05) is 0 Å². The van der Waals surface area contributed by atoms with Crippen LogP contribution in [0.2, 0.25) is 0 Å². The van der Waals surface area contributed by atoms with Gasteiger partial charge >= 0.3 is 5.97 Å². The van der Waals surface area contributed by atoms with Crippen molar-refractivity contribution in [3.63, 3.8) is 0 Å². The zero-order valence-electron chi connectivity index (χ0n) is 9.68. The zero-order chi connectivity index (χ0) is 13.0. The summed E-state index contributed by atoms with van der Waals surface area (Å²) in [5, 5.41) is 19.2. The van der Waals surface area contributed by atoms with Crippen molar-refractivity contribution in [2.75, 3.05) is 6.61 Å². The molecule has 2 unspecified atom stereocenters. The highest BCUT2D eigenvalue weighted by Crippen LogP contribution is 2.22. The van der Waals surface area contributed by atoms with Gasteiger partial charge in [0.2, 0.25) is 0 Å². The van der Waals surface area contributed by atoms with Gasteiger partial charge in [0.1, 0.15) is 11.9 Å². The molecule has 17 heavy (non-hydrogen) atoms. The predicted molar refractivity (Wildman–Crippen MR) is 58.7 cm³/mol.